The number of anilines is 1. The Hall–Kier alpha value is -3.22. The zero-order valence-electron chi connectivity index (χ0n) is 15.0. The molecule has 0 atom stereocenters. The van der Waals surface area contributed by atoms with Gasteiger partial charge in [-0.3, -0.25) is 9.59 Å². The first-order valence-electron chi connectivity index (χ1n) is 8.52. The van der Waals surface area contributed by atoms with E-state index in [0.717, 1.165) is 5.69 Å². The maximum atomic E-state index is 12.6. The van der Waals surface area contributed by atoms with Gasteiger partial charge in [-0.1, -0.05) is 19.9 Å². The van der Waals surface area contributed by atoms with Crippen LogP contribution in [0.15, 0.2) is 53.6 Å². The van der Waals surface area contributed by atoms with Gasteiger partial charge < -0.3 is 9.88 Å². The first kappa shape index (κ1) is 17.6. The summed E-state index contributed by atoms with van der Waals surface area (Å²) in [6, 6.07) is 10.3. The van der Waals surface area contributed by atoms with Crippen LogP contribution in [0.2, 0.25) is 0 Å². The molecule has 0 saturated carbocycles. The molecule has 26 heavy (non-hydrogen) atoms. The van der Waals surface area contributed by atoms with Gasteiger partial charge in [-0.2, -0.15) is 5.10 Å². The van der Waals surface area contributed by atoms with E-state index < -0.39 is 0 Å². The SMILES string of the molecule is CCn1cc(NC(=O)c2cc(C(C)C)n(-c3ccccn3)n2)ccc1=O. The molecule has 0 aliphatic carbocycles. The molecular weight excluding hydrogens is 330 g/mol. The quantitative estimate of drug-likeness (QED) is 0.766. The fourth-order valence-electron chi connectivity index (χ4n) is 2.63. The Morgan fingerprint density at radius 3 is 2.69 bits per heavy atom. The molecule has 3 aromatic heterocycles. The number of rotatable bonds is 5. The van der Waals surface area contributed by atoms with Crippen molar-refractivity contribution >= 4 is 11.6 Å². The summed E-state index contributed by atoms with van der Waals surface area (Å²) in [5, 5.41) is 7.23. The lowest BCUT2D eigenvalue weighted by Crippen LogP contribution is -2.20. The lowest BCUT2D eigenvalue weighted by atomic mass is 10.1. The van der Waals surface area contributed by atoms with Crippen LogP contribution in [0.3, 0.4) is 0 Å². The average Bonchev–Trinajstić information content (AvgIpc) is 3.10. The average molecular weight is 351 g/mol. The van der Waals surface area contributed by atoms with Crippen LogP contribution in [-0.2, 0) is 6.54 Å². The molecule has 0 spiro atoms. The number of aryl methyl sites for hydroxylation is 1. The van der Waals surface area contributed by atoms with Crippen molar-refractivity contribution < 1.29 is 4.79 Å². The third-order valence-electron chi connectivity index (χ3n) is 4.01. The van der Waals surface area contributed by atoms with Gasteiger partial charge in [0.25, 0.3) is 11.5 Å². The van der Waals surface area contributed by atoms with Crippen LogP contribution >= 0.6 is 0 Å². The Morgan fingerprint density at radius 2 is 2.04 bits per heavy atom. The second-order valence-corrected chi connectivity index (χ2v) is 6.21. The first-order valence-corrected chi connectivity index (χ1v) is 8.52. The van der Waals surface area contributed by atoms with E-state index in [-0.39, 0.29) is 17.4 Å². The summed E-state index contributed by atoms with van der Waals surface area (Å²) in [6.07, 6.45) is 3.31. The molecule has 0 fully saturated rings. The number of carbonyl (C=O) groups is 1. The third-order valence-corrected chi connectivity index (χ3v) is 4.01. The third kappa shape index (κ3) is 3.56. The summed E-state index contributed by atoms with van der Waals surface area (Å²) in [6.45, 7) is 6.48. The lowest BCUT2D eigenvalue weighted by molar-refractivity contribution is 0.102. The molecule has 1 amide bonds. The molecule has 0 aliphatic heterocycles. The van der Waals surface area contributed by atoms with E-state index in [2.05, 4.69) is 15.4 Å². The Balaban J connectivity index is 1.92. The van der Waals surface area contributed by atoms with Crippen LogP contribution < -0.4 is 10.9 Å². The lowest BCUT2D eigenvalue weighted by Gasteiger charge is -2.08. The molecule has 3 rings (SSSR count). The minimum absolute atomic E-state index is 0.105. The molecule has 134 valence electrons. The molecule has 0 radical (unpaired) electrons. The number of hydrogen-bond acceptors (Lipinski definition) is 4. The van der Waals surface area contributed by atoms with Crippen LogP contribution in [0.1, 0.15) is 42.9 Å². The zero-order chi connectivity index (χ0) is 18.7. The van der Waals surface area contributed by atoms with Gasteiger partial charge in [-0.15, -0.1) is 0 Å². The van der Waals surface area contributed by atoms with E-state index in [9.17, 15) is 9.59 Å². The maximum Gasteiger partial charge on any atom is 0.276 e. The topological polar surface area (TPSA) is 81.8 Å². The number of aromatic nitrogens is 4. The van der Waals surface area contributed by atoms with Gasteiger partial charge in [0, 0.05) is 30.7 Å². The van der Waals surface area contributed by atoms with Crippen molar-refractivity contribution in [1.29, 1.82) is 0 Å². The predicted molar refractivity (Wildman–Crippen MR) is 99.8 cm³/mol. The van der Waals surface area contributed by atoms with Gasteiger partial charge in [0.1, 0.15) is 0 Å². The minimum Gasteiger partial charge on any atom is -0.319 e. The Morgan fingerprint density at radius 1 is 1.23 bits per heavy atom. The Kier molecular flexibility index (Phi) is 4.97. The fourth-order valence-corrected chi connectivity index (χ4v) is 2.63. The van der Waals surface area contributed by atoms with Gasteiger partial charge in [0.2, 0.25) is 0 Å². The number of hydrogen-bond donors (Lipinski definition) is 1. The summed E-state index contributed by atoms with van der Waals surface area (Å²) in [5.74, 6) is 0.505. The number of carbonyl (C=O) groups excluding carboxylic acids is 1. The summed E-state index contributed by atoms with van der Waals surface area (Å²) in [4.78, 5) is 28.6. The Bertz CT molecular complexity index is 973. The molecule has 0 saturated heterocycles. The fraction of sp³-hybridized carbons (Fsp3) is 0.263. The Labute approximate surface area is 151 Å². The highest BCUT2D eigenvalue weighted by Gasteiger charge is 2.18. The molecule has 0 bridgehead atoms. The second-order valence-electron chi connectivity index (χ2n) is 6.21. The minimum atomic E-state index is -0.331. The standard InChI is InChI=1S/C19H21N5O2/c1-4-23-12-14(8-9-18(23)25)21-19(26)15-11-16(13(2)3)24(22-15)17-7-5-6-10-20-17/h5-13H,4H2,1-3H3,(H,21,26). The molecular formula is C19H21N5O2. The molecule has 0 unspecified atom stereocenters. The molecule has 7 nitrogen and oxygen atoms in total. The summed E-state index contributed by atoms with van der Waals surface area (Å²) >= 11 is 0. The zero-order valence-corrected chi connectivity index (χ0v) is 15.0. The van der Waals surface area contributed by atoms with Crippen molar-refractivity contribution in [3.63, 3.8) is 0 Å². The largest absolute Gasteiger partial charge is 0.319 e. The van der Waals surface area contributed by atoms with Crippen LogP contribution in [0, 0.1) is 0 Å². The van der Waals surface area contributed by atoms with E-state index in [1.807, 2.05) is 39.0 Å². The van der Waals surface area contributed by atoms with Crippen molar-refractivity contribution in [3.8, 4) is 5.82 Å². The van der Waals surface area contributed by atoms with E-state index in [1.165, 1.54) is 10.6 Å². The van der Waals surface area contributed by atoms with Gasteiger partial charge in [-0.25, -0.2) is 9.67 Å². The molecule has 0 aromatic carbocycles. The van der Waals surface area contributed by atoms with Gasteiger partial charge in [0.15, 0.2) is 11.5 Å². The monoisotopic (exact) mass is 351 g/mol. The van der Waals surface area contributed by atoms with Crippen LogP contribution in [-0.4, -0.2) is 25.2 Å². The number of nitrogens with one attached hydrogen (secondary N) is 1. The van der Waals surface area contributed by atoms with Crippen molar-refractivity contribution in [3.05, 3.63) is 70.5 Å². The van der Waals surface area contributed by atoms with Crippen LogP contribution in [0.25, 0.3) is 5.82 Å². The van der Waals surface area contributed by atoms with Crippen molar-refractivity contribution in [2.24, 2.45) is 0 Å². The number of amides is 1. The first-order chi connectivity index (χ1) is 12.5. The molecule has 0 aliphatic rings. The van der Waals surface area contributed by atoms with E-state index in [4.69, 9.17) is 0 Å². The van der Waals surface area contributed by atoms with E-state index >= 15 is 0 Å². The number of pyridine rings is 2. The van der Waals surface area contributed by atoms with E-state index in [1.54, 1.807) is 29.2 Å². The molecule has 3 aromatic rings. The molecule has 7 heteroatoms. The highest BCUT2D eigenvalue weighted by atomic mass is 16.2. The summed E-state index contributed by atoms with van der Waals surface area (Å²) < 4.78 is 3.22. The summed E-state index contributed by atoms with van der Waals surface area (Å²) in [5.41, 5.74) is 1.64. The maximum absolute atomic E-state index is 12.6. The van der Waals surface area contributed by atoms with Crippen LogP contribution in [0.4, 0.5) is 5.69 Å². The van der Waals surface area contributed by atoms with Crippen molar-refractivity contribution in [2.45, 2.75) is 33.2 Å². The second kappa shape index (κ2) is 7.35. The normalized spacial score (nSPS) is 10.9. The molecule has 1 N–H and O–H groups in total. The highest BCUT2D eigenvalue weighted by Crippen LogP contribution is 2.20. The van der Waals surface area contributed by atoms with Crippen molar-refractivity contribution in [2.75, 3.05) is 5.32 Å². The van der Waals surface area contributed by atoms with Gasteiger partial charge in [-0.05, 0) is 37.1 Å². The van der Waals surface area contributed by atoms with Gasteiger partial charge >= 0.3 is 0 Å². The highest BCUT2D eigenvalue weighted by molar-refractivity contribution is 6.02. The number of nitrogens with zero attached hydrogens (tertiary/aromatic N) is 4. The van der Waals surface area contributed by atoms with Crippen molar-refractivity contribution in [1.82, 2.24) is 19.3 Å². The van der Waals surface area contributed by atoms with E-state index in [0.29, 0.717) is 23.7 Å². The smallest absolute Gasteiger partial charge is 0.276 e. The predicted octanol–water partition coefficient (Wildman–Crippen LogP) is 2.82. The summed E-state index contributed by atoms with van der Waals surface area (Å²) in [7, 11) is 0. The van der Waals surface area contributed by atoms with Crippen LogP contribution in [0.5, 0.6) is 0 Å². The van der Waals surface area contributed by atoms with Gasteiger partial charge in [0.05, 0.1) is 5.69 Å². The molecule has 3 heterocycles.